The van der Waals surface area contributed by atoms with E-state index < -0.39 is 0 Å². The number of hydrogen-bond acceptors (Lipinski definition) is 3. The number of nitriles is 1. The summed E-state index contributed by atoms with van der Waals surface area (Å²) >= 11 is 0. The fraction of sp³-hybridized carbons (Fsp3) is 0.176. The summed E-state index contributed by atoms with van der Waals surface area (Å²) in [6.07, 6.45) is 3.09. The molecular formula is C17H15NO2. The van der Waals surface area contributed by atoms with Crippen LogP contribution in [0.3, 0.4) is 0 Å². The van der Waals surface area contributed by atoms with Crippen molar-refractivity contribution in [1.82, 2.24) is 0 Å². The van der Waals surface area contributed by atoms with Crippen LogP contribution in [0.25, 0.3) is 6.08 Å². The Kier molecular flexibility index (Phi) is 3.86. The molecule has 0 aliphatic heterocycles. The summed E-state index contributed by atoms with van der Waals surface area (Å²) in [5.74, 6) is 0.219. The Morgan fingerprint density at radius 3 is 2.60 bits per heavy atom. The zero-order chi connectivity index (χ0) is 14.7. The van der Waals surface area contributed by atoms with Crippen molar-refractivity contribution in [2.24, 2.45) is 0 Å². The maximum Gasteiger partial charge on any atom is 0.207 e. The number of Topliss-reactive ketones (excluding diaryl/α,β-unsaturated/α-hetero) is 1. The smallest absolute Gasteiger partial charge is 0.207 e. The average Bonchev–Trinajstić information content (AvgIpc) is 2.85. The van der Waals surface area contributed by atoms with Crippen LogP contribution in [0, 0.1) is 32.1 Å². The number of rotatable bonds is 3. The molecule has 0 saturated heterocycles. The summed E-state index contributed by atoms with van der Waals surface area (Å²) in [5.41, 5.74) is 3.55. The second kappa shape index (κ2) is 5.58. The van der Waals surface area contributed by atoms with Gasteiger partial charge in [-0.15, -0.1) is 0 Å². The topological polar surface area (TPSA) is 54.0 Å². The van der Waals surface area contributed by atoms with E-state index in [0.717, 1.165) is 16.7 Å². The largest absolute Gasteiger partial charge is 0.469 e. The zero-order valence-electron chi connectivity index (χ0n) is 11.7. The van der Waals surface area contributed by atoms with Gasteiger partial charge in [0.05, 0.1) is 11.8 Å². The molecule has 1 aromatic carbocycles. The Hall–Kier alpha value is -2.60. The average molecular weight is 265 g/mol. The summed E-state index contributed by atoms with van der Waals surface area (Å²) in [5, 5.41) is 9.24. The van der Waals surface area contributed by atoms with Gasteiger partial charge in [-0.05, 0) is 44.0 Å². The van der Waals surface area contributed by atoms with E-state index >= 15 is 0 Å². The fourth-order valence-corrected chi connectivity index (χ4v) is 1.99. The monoisotopic (exact) mass is 265 g/mol. The Balaban J connectivity index is 2.45. The number of carbonyl (C=O) groups is 1. The summed E-state index contributed by atoms with van der Waals surface area (Å²) in [6.45, 7) is 5.64. The molecule has 100 valence electrons. The first-order chi connectivity index (χ1) is 9.52. The summed E-state index contributed by atoms with van der Waals surface area (Å²) in [4.78, 5) is 12.3. The number of furan rings is 1. The minimum absolute atomic E-state index is 0.114. The van der Waals surface area contributed by atoms with Crippen LogP contribution in [0.4, 0.5) is 0 Å². The maximum absolute atomic E-state index is 12.3. The van der Waals surface area contributed by atoms with Crippen LogP contribution >= 0.6 is 0 Å². The van der Waals surface area contributed by atoms with Crippen LogP contribution in [0.5, 0.6) is 0 Å². The molecule has 0 aliphatic rings. The predicted molar refractivity (Wildman–Crippen MR) is 77.3 cm³/mol. The van der Waals surface area contributed by atoms with Crippen molar-refractivity contribution in [3.63, 3.8) is 0 Å². The van der Waals surface area contributed by atoms with Crippen LogP contribution in [0.2, 0.25) is 0 Å². The molecule has 0 atom stereocenters. The molecule has 1 heterocycles. The van der Waals surface area contributed by atoms with Gasteiger partial charge < -0.3 is 4.42 Å². The summed E-state index contributed by atoms with van der Waals surface area (Å²) in [6, 6.07) is 9.51. The second-order valence-electron chi connectivity index (χ2n) is 4.75. The van der Waals surface area contributed by atoms with E-state index in [1.165, 1.54) is 6.26 Å². The van der Waals surface area contributed by atoms with Crippen molar-refractivity contribution >= 4 is 11.9 Å². The molecule has 3 heteroatoms. The van der Waals surface area contributed by atoms with E-state index in [1.807, 2.05) is 38.1 Å². The number of nitrogens with zero attached hydrogens (tertiary/aromatic N) is 1. The van der Waals surface area contributed by atoms with Crippen molar-refractivity contribution in [1.29, 1.82) is 5.26 Å². The van der Waals surface area contributed by atoms with E-state index in [0.29, 0.717) is 11.3 Å². The van der Waals surface area contributed by atoms with Crippen LogP contribution in [-0.4, -0.2) is 5.78 Å². The molecule has 20 heavy (non-hydrogen) atoms. The molecule has 0 radical (unpaired) electrons. The lowest BCUT2D eigenvalue weighted by Gasteiger charge is -2.03. The Morgan fingerprint density at radius 2 is 2.00 bits per heavy atom. The number of ketones is 1. The number of benzene rings is 1. The molecule has 0 unspecified atom stereocenters. The highest BCUT2D eigenvalue weighted by Crippen LogP contribution is 2.19. The third kappa shape index (κ3) is 2.70. The van der Waals surface area contributed by atoms with E-state index in [9.17, 15) is 10.1 Å². The number of allylic oxidation sites excluding steroid dienone is 1. The molecule has 0 N–H and O–H groups in total. The molecule has 0 amide bonds. The first-order valence-corrected chi connectivity index (χ1v) is 6.30. The van der Waals surface area contributed by atoms with Gasteiger partial charge in [-0.1, -0.05) is 23.8 Å². The Bertz CT molecular complexity index is 730. The maximum atomic E-state index is 12.3. The molecule has 0 spiro atoms. The fourth-order valence-electron chi connectivity index (χ4n) is 1.99. The molecule has 2 aromatic rings. The lowest BCUT2D eigenvalue weighted by Crippen LogP contribution is -2.02. The summed E-state index contributed by atoms with van der Waals surface area (Å²) < 4.78 is 5.12. The molecular weight excluding hydrogens is 250 g/mol. The van der Waals surface area contributed by atoms with Crippen molar-refractivity contribution in [2.75, 3.05) is 0 Å². The zero-order valence-corrected chi connectivity index (χ0v) is 11.7. The van der Waals surface area contributed by atoms with Gasteiger partial charge >= 0.3 is 0 Å². The predicted octanol–water partition coefficient (Wildman–Crippen LogP) is 3.99. The van der Waals surface area contributed by atoms with E-state index in [4.69, 9.17) is 4.42 Å². The highest BCUT2D eigenvalue weighted by atomic mass is 16.3. The summed E-state index contributed by atoms with van der Waals surface area (Å²) in [7, 11) is 0. The number of hydrogen-bond donors (Lipinski definition) is 0. The Labute approximate surface area is 118 Å². The molecule has 0 aliphatic carbocycles. The van der Waals surface area contributed by atoms with Crippen LogP contribution in [0.1, 0.15) is 32.8 Å². The van der Waals surface area contributed by atoms with E-state index in [-0.39, 0.29) is 11.4 Å². The molecule has 0 fully saturated rings. The van der Waals surface area contributed by atoms with Crippen LogP contribution in [0.15, 0.2) is 40.5 Å². The van der Waals surface area contributed by atoms with Crippen molar-refractivity contribution < 1.29 is 9.21 Å². The first kappa shape index (κ1) is 13.8. The number of aryl methyl sites for hydroxylation is 3. The van der Waals surface area contributed by atoms with Gasteiger partial charge in [-0.3, -0.25) is 4.79 Å². The minimum atomic E-state index is -0.306. The molecule has 0 saturated carbocycles. The highest BCUT2D eigenvalue weighted by molar-refractivity contribution is 6.14. The van der Waals surface area contributed by atoms with Gasteiger partial charge in [0, 0.05) is 0 Å². The first-order valence-electron chi connectivity index (χ1n) is 6.30. The van der Waals surface area contributed by atoms with Crippen molar-refractivity contribution in [2.45, 2.75) is 20.8 Å². The highest BCUT2D eigenvalue weighted by Gasteiger charge is 2.16. The third-order valence-corrected chi connectivity index (χ3v) is 3.20. The van der Waals surface area contributed by atoms with Gasteiger partial charge in [0.25, 0.3) is 0 Å². The lowest BCUT2D eigenvalue weighted by molar-refractivity contribution is 0.103. The molecule has 0 bridgehead atoms. The second-order valence-corrected chi connectivity index (χ2v) is 4.75. The Morgan fingerprint density at radius 1 is 1.25 bits per heavy atom. The van der Waals surface area contributed by atoms with E-state index in [1.54, 1.807) is 19.1 Å². The standard InChI is InChI=1S/C17H15NO2/c1-11-4-5-12(2)14(8-11)9-15(10-18)17(19)16-6-7-20-13(16)3/h4-9H,1-3H3/b15-9+. The van der Waals surface area contributed by atoms with Crippen molar-refractivity contribution in [3.05, 3.63) is 64.1 Å². The number of carbonyl (C=O) groups excluding carboxylic acids is 1. The van der Waals surface area contributed by atoms with Crippen LogP contribution in [-0.2, 0) is 0 Å². The molecule has 1 aromatic heterocycles. The van der Waals surface area contributed by atoms with Gasteiger partial charge in [0.15, 0.2) is 0 Å². The quantitative estimate of drug-likeness (QED) is 0.479. The van der Waals surface area contributed by atoms with Crippen molar-refractivity contribution in [3.8, 4) is 6.07 Å². The lowest BCUT2D eigenvalue weighted by atomic mass is 9.99. The third-order valence-electron chi connectivity index (χ3n) is 3.20. The SMILES string of the molecule is Cc1ccc(C)c(/C=C(\C#N)C(=O)c2ccoc2C)c1. The van der Waals surface area contributed by atoms with Gasteiger partial charge in [-0.25, -0.2) is 0 Å². The normalized spacial score (nSPS) is 11.2. The molecule has 3 nitrogen and oxygen atoms in total. The minimum Gasteiger partial charge on any atom is -0.469 e. The van der Waals surface area contributed by atoms with Gasteiger partial charge in [0.1, 0.15) is 17.4 Å². The molecule has 2 rings (SSSR count). The van der Waals surface area contributed by atoms with Gasteiger partial charge in [0.2, 0.25) is 5.78 Å². The van der Waals surface area contributed by atoms with Gasteiger partial charge in [-0.2, -0.15) is 5.26 Å². The van der Waals surface area contributed by atoms with Crippen LogP contribution < -0.4 is 0 Å². The van der Waals surface area contributed by atoms with E-state index in [2.05, 4.69) is 0 Å².